The lowest BCUT2D eigenvalue weighted by Gasteiger charge is -2.05. The lowest BCUT2D eigenvalue weighted by molar-refractivity contribution is 0.0589. The van der Waals surface area contributed by atoms with Gasteiger partial charge in [-0.3, -0.25) is 5.41 Å². The van der Waals surface area contributed by atoms with Gasteiger partial charge in [-0.15, -0.1) is 0 Å². The van der Waals surface area contributed by atoms with Crippen molar-refractivity contribution in [3.05, 3.63) is 22.5 Å². The number of methoxy groups -OCH3 is 1. The smallest absolute Gasteiger partial charge is 0.354 e. The van der Waals surface area contributed by atoms with Gasteiger partial charge in [0.25, 0.3) is 0 Å². The molecule has 5 nitrogen and oxygen atoms in total. The number of nitrogens with two attached hydrogens (primary N) is 1. The Balaban J connectivity index is 3.49. The maximum Gasteiger partial charge on any atom is 0.354 e. The third-order valence-corrected chi connectivity index (χ3v) is 2.58. The number of nitrogen functional groups attached to an aromatic ring is 1. The fourth-order valence-electron chi connectivity index (χ4n) is 1.74. The number of esters is 1. The molecule has 0 radical (unpaired) electrons. The molecule has 0 atom stereocenters. The minimum atomic E-state index is -0.411. The van der Waals surface area contributed by atoms with Crippen LogP contribution in [0, 0.1) is 19.3 Å². The molecule has 0 saturated carbocycles. The van der Waals surface area contributed by atoms with Gasteiger partial charge in [0, 0.05) is 7.05 Å². The first kappa shape index (κ1) is 11.3. The Kier molecular flexibility index (Phi) is 2.83. The predicted molar refractivity (Wildman–Crippen MR) is 57.2 cm³/mol. The first-order valence-corrected chi connectivity index (χ1v) is 4.50. The summed E-state index contributed by atoms with van der Waals surface area (Å²) in [5.41, 5.74) is 8.10. The van der Waals surface area contributed by atoms with Crippen LogP contribution in [0.2, 0.25) is 0 Å². The molecule has 1 heterocycles. The summed E-state index contributed by atoms with van der Waals surface area (Å²) >= 11 is 0. The zero-order valence-corrected chi connectivity index (χ0v) is 9.34. The Bertz CT molecular complexity index is 432. The quantitative estimate of drug-likeness (QED) is 0.427. The zero-order valence-electron chi connectivity index (χ0n) is 9.34. The Morgan fingerprint density at radius 1 is 1.33 bits per heavy atom. The topological polar surface area (TPSA) is 81.1 Å². The molecule has 15 heavy (non-hydrogen) atoms. The average Bonchev–Trinajstić information content (AvgIpc) is 2.37. The number of ether oxygens (including phenoxy) is 1. The van der Waals surface area contributed by atoms with Gasteiger partial charge in [-0.1, -0.05) is 0 Å². The number of nitrogens with one attached hydrogen (secondary N) is 1. The second kappa shape index (κ2) is 3.76. The molecule has 0 saturated heterocycles. The number of carbonyl (C=O) groups is 1. The van der Waals surface area contributed by atoms with Gasteiger partial charge in [0.05, 0.1) is 12.8 Å². The van der Waals surface area contributed by atoms with Crippen molar-refractivity contribution in [1.82, 2.24) is 4.57 Å². The summed E-state index contributed by atoms with van der Waals surface area (Å²) in [5, 5.41) is 7.43. The molecule has 5 heteroatoms. The molecule has 0 amide bonds. The highest BCUT2D eigenvalue weighted by Crippen LogP contribution is 2.20. The van der Waals surface area contributed by atoms with Gasteiger partial charge in [0.2, 0.25) is 0 Å². The van der Waals surface area contributed by atoms with Crippen LogP contribution < -0.4 is 5.73 Å². The van der Waals surface area contributed by atoms with Crippen molar-refractivity contribution in [2.24, 2.45) is 12.8 Å². The first-order valence-electron chi connectivity index (χ1n) is 4.50. The van der Waals surface area contributed by atoms with Gasteiger partial charge in [-0.2, -0.15) is 0 Å². The number of nitrogens with zero attached hydrogens (tertiary/aromatic N) is 1. The van der Waals surface area contributed by atoms with E-state index in [-0.39, 0.29) is 5.84 Å². The lowest BCUT2D eigenvalue weighted by atomic mass is 10.1. The van der Waals surface area contributed by atoms with Crippen molar-refractivity contribution in [1.29, 1.82) is 5.41 Å². The molecule has 0 bridgehead atoms. The van der Waals surface area contributed by atoms with Crippen molar-refractivity contribution < 1.29 is 9.53 Å². The Morgan fingerprint density at radius 3 is 2.13 bits per heavy atom. The molecule has 1 aromatic rings. The van der Waals surface area contributed by atoms with E-state index in [0.29, 0.717) is 11.4 Å². The molecule has 82 valence electrons. The summed E-state index contributed by atoms with van der Waals surface area (Å²) in [6, 6.07) is 0. The van der Waals surface area contributed by atoms with E-state index in [1.807, 2.05) is 13.8 Å². The van der Waals surface area contributed by atoms with Crippen molar-refractivity contribution in [3.63, 3.8) is 0 Å². The lowest BCUT2D eigenvalue weighted by Crippen LogP contribution is -2.18. The van der Waals surface area contributed by atoms with Gasteiger partial charge in [0.15, 0.2) is 0 Å². The highest BCUT2D eigenvalue weighted by molar-refractivity contribution is 5.99. The van der Waals surface area contributed by atoms with E-state index in [2.05, 4.69) is 4.74 Å². The fourth-order valence-corrected chi connectivity index (χ4v) is 1.74. The third kappa shape index (κ3) is 1.60. The number of amidine groups is 1. The van der Waals surface area contributed by atoms with Crippen molar-refractivity contribution in [3.8, 4) is 0 Å². The van der Waals surface area contributed by atoms with Crippen LogP contribution in [0.1, 0.15) is 27.3 Å². The Hall–Kier alpha value is -1.78. The second-order valence-corrected chi connectivity index (χ2v) is 3.41. The molecule has 0 aromatic carbocycles. The molecule has 0 unspecified atom stereocenters. The number of carbonyl (C=O) groups excluding carboxylic acids is 1. The number of aromatic nitrogens is 1. The van der Waals surface area contributed by atoms with Gasteiger partial charge in [-0.05, 0) is 25.0 Å². The maximum atomic E-state index is 11.5. The molecule has 0 spiro atoms. The summed E-state index contributed by atoms with van der Waals surface area (Å²) in [6.07, 6.45) is 0. The maximum absolute atomic E-state index is 11.5. The molecule has 1 rings (SSSR count). The summed E-state index contributed by atoms with van der Waals surface area (Å²) < 4.78 is 6.27. The third-order valence-electron chi connectivity index (χ3n) is 2.58. The molecule has 0 aliphatic rings. The molecule has 0 fully saturated rings. The van der Waals surface area contributed by atoms with Crippen LogP contribution in [-0.4, -0.2) is 23.5 Å². The van der Waals surface area contributed by atoms with Crippen LogP contribution in [-0.2, 0) is 11.8 Å². The SMILES string of the molecule is COC(=O)c1c(C)c(C)c(C(=N)N)n1C. The molecule has 3 N–H and O–H groups in total. The highest BCUT2D eigenvalue weighted by Gasteiger charge is 2.22. The number of hydrogen-bond donors (Lipinski definition) is 2. The second-order valence-electron chi connectivity index (χ2n) is 3.41. The fraction of sp³-hybridized carbons (Fsp3) is 0.400. The zero-order chi connectivity index (χ0) is 11.7. The van der Waals surface area contributed by atoms with Crippen molar-refractivity contribution >= 4 is 11.8 Å². The van der Waals surface area contributed by atoms with Gasteiger partial charge in [0.1, 0.15) is 11.5 Å². The molecular weight excluding hydrogens is 194 g/mol. The molecule has 1 aromatic heterocycles. The molecule has 0 aliphatic carbocycles. The van der Waals surface area contributed by atoms with E-state index in [0.717, 1.165) is 11.1 Å². The van der Waals surface area contributed by atoms with Crippen molar-refractivity contribution in [2.45, 2.75) is 13.8 Å². The largest absolute Gasteiger partial charge is 0.464 e. The average molecular weight is 209 g/mol. The monoisotopic (exact) mass is 209 g/mol. The van der Waals surface area contributed by atoms with E-state index in [4.69, 9.17) is 11.1 Å². The standard InChI is InChI=1S/C10H15N3O2/c1-5-6(2)8(10(14)15-4)13(3)7(5)9(11)12/h1-4H3,(H3,11,12). The van der Waals surface area contributed by atoms with Crippen LogP contribution in [0.5, 0.6) is 0 Å². The Labute approximate surface area is 88.3 Å². The van der Waals surface area contributed by atoms with Crippen LogP contribution >= 0.6 is 0 Å². The Morgan fingerprint density at radius 2 is 1.80 bits per heavy atom. The van der Waals surface area contributed by atoms with E-state index in [1.54, 1.807) is 11.6 Å². The van der Waals surface area contributed by atoms with E-state index >= 15 is 0 Å². The van der Waals surface area contributed by atoms with Crippen LogP contribution in [0.4, 0.5) is 0 Å². The normalized spacial score (nSPS) is 10.1. The molecular formula is C10H15N3O2. The number of hydrogen-bond acceptors (Lipinski definition) is 3. The predicted octanol–water partition coefficient (Wildman–Crippen LogP) is 0.713. The summed E-state index contributed by atoms with van der Waals surface area (Å²) in [5.74, 6) is -0.459. The summed E-state index contributed by atoms with van der Waals surface area (Å²) in [7, 11) is 3.03. The van der Waals surface area contributed by atoms with Crippen LogP contribution in [0.3, 0.4) is 0 Å². The van der Waals surface area contributed by atoms with E-state index in [1.165, 1.54) is 7.11 Å². The molecule has 0 aliphatic heterocycles. The van der Waals surface area contributed by atoms with E-state index < -0.39 is 5.97 Å². The minimum absolute atomic E-state index is 0.0479. The van der Waals surface area contributed by atoms with E-state index in [9.17, 15) is 4.79 Å². The highest BCUT2D eigenvalue weighted by atomic mass is 16.5. The first-order chi connectivity index (χ1) is 6.91. The number of rotatable bonds is 2. The minimum Gasteiger partial charge on any atom is -0.464 e. The van der Waals surface area contributed by atoms with Crippen LogP contribution in [0.25, 0.3) is 0 Å². The van der Waals surface area contributed by atoms with Gasteiger partial charge >= 0.3 is 5.97 Å². The summed E-state index contributed by atoms with van der Waals surface area (Å²) in [6.45, 7) is 3.65. The summed E-state index contributed by atoms with van der Waals surface area (Å²) in [4.78, 5) is 11.5. The van der Waals surface area contributed by atoms with Gasteiger partial charge in [-0.25, -0.2) is 4.79 Å². The van der Waals surface area contributed by atoms with Crippen molar-refractivity contribution in [2.75, 3.05) is 7.11 Å². The van der Waals surface area contributed by atoms with Gasteiger partial charge < -0.3 is 15.0 Å². The van der Waals surface area contributed by atoms with Crippen LogP contribution in [0.15, 0.2) is 0 Å².